The molecule has 0 aromatic carbocycles. The zero-order chi connectivity index (χ0) is 13.2. The smallest absolute Gasteiger partial charge is 0.237 e. The lowest BCUT2D eigenvalue weighted by Crippen LogP contribution is -2.44. The number of likely N-dealkylation sites (tertiary alicyclic amines) is 1. The fourth-order valence-corrected chi connectivity index (χ4v) is 3.93. The molecule has 1 N–H and O–H groups in total. The van der Waals surface area contributed by atoms with Crippen molar-refractivity contribution in [2.45, 2.75) is 31.8 Å². The first kappa shape index (κ1) is 13.1. The molecule has 1 fully saturated rings. The summed E-state index contributed by atoms with van der Waals surface area (Å²) in [5, 5.41) is 11.4. The number of carbonyl (C=O) groups excluding carboxylic acids is 1. The highest BCUT2D eigenvalue weighted by atomic mass is 32.1. The molecule has 0 radical (unpaired) electrons. The predicted octanol–water partition coefficient (Wildman–Crippen LogP) is 1.09. The summed E-state index contributed by atoms with van der Waals surface area (Å²) < 4.78 is 0. The maximum Gasteiger partial charge on any atom is 0.237 e. The average molecular weight is 280 g/mol. The minimum absolute atomic E-state index is 0.169. The number of hydrogen-bond donors (Lipinski definition) is 1. The number of fused-ring (bicyclic) bond motifs is 1. The van der Waals surface area contributed by atoms with E-state index in [2.05, 4.69) is 16.3 Å². The van der Waals surface area contributed by atoms with Gasteiger partial charge in [-0.15, -0.1) is 11.3 Å². The normalized spacial score (nSPS) is 23.6. The molecule has 1 atom stereocenters. The first-order valence-electron chi connectivity index (χ1n) is 6.96. The Bertz CT molecular complexity index is 460. The molecule has 0 aliphatic carbocycles. The van der Waals surface area contributed by atoms with Gasteiger partial charge >= 0.3 is 0 Å². The number of hydrogen-bond acceptors (Lipinski definition) is 4. The molecule has 2 aliphatic heterocycles. The third-order valence-electron chi connectivity index (χ3n) is 4.21. The van der Waals surface area contributed by atoms with Crippen LogP contribution in [0.5, 0.6) is 0 Å². The number of aliphatic hydroxyl groups excluding tert-OH is 1. The summed E-state index contributed by atoms with van der Waals surface area (Å²) in [5.41, 5.74) is 1.31. The Hall–Kier alpha value is -0.910. The molecule has 1 aromatic heterocycles. The van der Waals surface area contributed by atoms with Gasteiger partial charge in [0.1, 0.15) is 0 Å². The number of nitrogens with zero attached hydrogens (tertiary/aromatic N) is 2. The van der Waals surface area contributed by atoms with Crippen molar-refractivity contribution < 1.29 is 9.90 Å². The van der Waals surface area contributed by atoms with Crippen molar-refractivity contribution in [1.29, 1.82) is 0 Å². The van der Waals surface area contributed by atoms with E-state index in [1.165, 1.54) is 10.4 Å². The van der Waals surface area contributed by atoms with Crippen LogP contribution in [0.2, 0.25) is 0 Å². The van der Waals surface area contributed by atoms with Crippen LogP contribution in [-0.4, -0.2) is 53.1 Å². The lowest BCUT2D eigenvalue weighted by molar-refractivity contribution is -0.133. The zero-order valence-electron chi connectivity index (χ0n) is 11.0. The molecular formula is C14H20N2O2S. The van der Waals surface area contributed by atoms with Gasteiger partial charge in [-0.3, -0.25) is 9.69 Å². The molecule has 0 unspecified atom stereocenters. The standard InChI is InChI=1S/C14H20N2O2S/c17-10-12-2-1-5-15(12)9-14(18)16-6-3-13-11(8-16)4-7-19-13/h4,7,12,17H,1-3,5-6,8-10H2/t12-/m1/s1. The van der Waals surface area contributed by atoms with Gasteiger partial charge in [0.2, 0.25) is 5.91 Å². The summed E-state index contributed by atoms with van der Waals surface area (Å²) in [4.78, 5) is 17.9. The summed E-state index contributed by atoms with van der Waals surface area (Å²) in [5.74, 6) is 0.206. The van der Waals surface area contributed by atoms with E-state index in [9.17, 15) is 9.90 Å². The summed E-state index contributed by atoms with van der Waals surface area (Å²) >= 11 is 1.79. The Morgan fingerprint density at radius 1 is 1.47 bits per heavy atom. The molecule has 1 aromatic rings. The Labute approximate surface area is 117 Å². The lowest BCUT2D eigenvalue weighted by Gasteiger charge is -2.30. The van der Waals surface area contributed by atoms with E-state index in [4.69, 9.17) is 0 Å². The number of amides is 1. The number of thiophene rings is 1. The van der Waals surface area contributed by atoms with Crippen molar-refractivity contribution >= 4 is 17.2 Å². The van der Waals surface area contributed by atoms with Crippen LogP contribution in [0.25, 0.3) is 0 Å². The monoisotopic (exact) mass is 280 g/mol. The van der Waals surface area contributed by atoms with Crippen LogP contribution in [0.1, 0.15) is 23.3 Å². The van der Waals surface area contributed by atoms with Crippen LogP contribution in [-0.2, 0) is 17.8 Å². The summed E-state index contributed by atoms with van der Waals surface area (Å²) in [6.07, 6.45) is 3.09. The van der Waals surface area contributed by atoms with Crippen molar-refractivity contribution in [2.75, 3.05) is 26.2 Å². The molecule has 5 heteroatoms. The fourth-order valence-electron chi connectivity index (χ4n) is 3.05. The van der Waals surface area contributed by atoms with E-state index in [1.807, 2.05) is 4.90 Å². The van der Waals surface area contributed by atoms with E-state index in [1.54, 1.807) is 11.3 Å². The largest absolute Gasteiger partial charge is 0.395 e. The second-order valence-electron chi connectivity index (χ2n) is 5.38. The summed E-state index contributed by atoms with van der Waals surface area (Å²) in [7, 11) is 0. The minimum atomic E-state index is 0.169. The SMILES string of the molecule is O=C(CN1CCC[C@@H]1CO)N1CCc2sccc2C1. The molecule has 4 nitrogen and oxygen atoms in total. The quantitative estimate of drug-likeness (QED) is 0.901. The molecule has 1 saturated heterocycles. The highest BCUT2D eigenvalue weighted by Gasteiger charge is 2.28. The highest BCUT2D eigenvalue weighted by Crippen LogP contribution is 2.24. The van der Waals surface area contributed by atoms with Crippen molar-refractivity contribution in [2.24, 2.45) is 0 Å². The van der Waals surface area contributed by atoms with E-state index in [0.717, 1.165) is 38.9 Å². The van der Waals surface area contributed by atoms with Crippen LogP contribution in [0.15, 0.2) is 11.4 Å². The van der Waals surface area contributed by atoms with Crippen LogP contribution < -0.4 is 0 Å². The Balaban J connectivity index is 1.59. The molecule has 3 heterocycles. The van der Waals surface area contributed by atoms with Crippen LogP contribution in [0.3, 0.4) is 0 Å². The van der Waals surface area contributed by atoms with E-state index < -0.39 is 0 Å². The molecule has 19 heavy (non-hydrogen) atoms. The maximum absolute atomic E-state index is 12.4. The van der Waals surface area contributed by atoms with Gasteiger partial charge in [-0.05, 0) is 42.8 Å². The van der Waals surface area contributed by atoms with Gasteiger partial charge in [0.15, 0.2) is 0 Å². The predicted molar refractivity (Wildman–Crippen MR) is 75.1 cm³/mol. The molecule has 1 amide bonds. The van der Waals surface area contributed by atoms with Gasteiger partial charge in [-0.1, -0.05) is 0 Å². The molecule has 3 rings (SSSR count). The van der Waals surface area contributed by atoms with Gasteiger partial charge in [0.05, 0.1) is 13.2 Å². The number of aliphatic hydroxyl groups is 1. The molecule has 0 saturated carbocycles. The average Bonchev–Trinajstić information content (AvgIpc) is 3.05. The second kappa shape index (κ2) is 5.61. The van der Waals surface area contributed by atoms with E-state index in [-0.39, 0.29) is 18.6 Å². The first-order chi connectivity index (χ1) is 9.28. The molecule has 0 spiro atoms. The minimum Gasteiger partial charge on any atom is -0.395 e. The van der Waals surface area contributed by atoms with E-state index in [0.29, 0.717) is 6.54 Å². The van der Waals surface area contributed by atoms with Crippen LogP contribution >= 0.6 is 11.3 Å². The van der Waals surface area contributed by atoms with Crippen LogP contribution in [0, 0.1) is 0 Å². The Kier molecular flexibility index (Phi) is 3.86. The molecule has 0 bridgehead atoms. The summed E-state index contributed by atoms with van der Waals surface area (Å²) in [6.45, 7) is 3.17. The van der Waals surface area contributed by atoms with Crippen LogP contribution in [0.4, 0.5) is 0 Å². The maximum atomic E-state index is 12.4. The van der Waals surface area contributed by atoms with Gasteiger partial charge in [-0.25, -0.2) is 0 Å². The summed E-state index contributed by atoms with van der Waals surface area (Å²) in [6, 6.07) is 2.32. The highest BCUT2D eigenvalue weighted by molar-refractivity contribution is 7.10. The Morgan fingerprint density at radius 2 is 2.37 bits per heavy atom. The molecule has 104 valence electrons. The fraction of sp³-hybridized carbons (Fsp3) is 0.643. The van der Waals surface area contributed by atoms with Gasteiger partial charge in [0.25, 0.3) is 0 Å². The van der Waals surface area contributed by atoms with Gasteiger partial charge in [-0.2, -0.15) is 0 Å². The molecule has 2 aliphatic rings. The number of rotatable bonds is 3. The van der Waals surface area contributed by atoms with Crippen molar-refractivity contribution in [3.63, 3.8) is 0 Å². The molecular weight excluding hydrogens is 260 g/mol. The second-order valence-corrected chi connectivity index (χ2v) is 6.38. The van der Waals surface area contributed by atoms with E-state index >= 15 is 0 Å². The third kappa shape index (κ3) is 2.68. The van der Waals surface area contributed by atoms with Crippen molar-refractivity contribution in [3.8, 4) is 0 Å². The lowest BCUT2D eigenvalue weighted by atomic mass is 10.1. The third-order valence-corrected chi connectivity index (χ3v) is 5.23. The van der Waals surface area contributed by atoms with Gasteiger partial charge in [0, 0.05) is 24.0 Å². The van der Waals surface area contributed by atoms with Gasteiger partial charge < -0.3 is 10.0 Å². The zero-order valence-corrected chi connectivity index (χ0v) is 11.9. The van der Waals surface area contributed by atoms with Crippen molar-refractivity contribution in [1.82, 2.24) is 9.80 Å². The van der Waals surface area contributed by atoms with Crippen molar-refractivity contribution in [3.05, 3.63) is 21.9 Å². The first-order valence-corrected chi connectivity index (χ1v) is 7.84. The topological polar surface area (TPSA) is 43.8 Å². The Morgan fingerprint density at radius 3 is 3.21 bits per heavy atom. The number of carbonyl (C=O) groups is 1.